The van der Waals surface area contributed by atoms with Crippen molar-refractivity contribution in [1.29, 1.82) is 0 Å². The molecule has 0 N–H and O–H groups in total. The van der Waals surface area contributed by atoms with Crippen molar-refractivity contribution in [3.05, 3.63) is 29.8 Å². The third kappa shape index (κ3) is 4.32. The lowest BCUT2D eigenvalue weighted by Crippen LogP contribution is -2.58. The maximum atomic E-state index is 13.6. The second-order valence-corrected chi connectivity index (χ2v) is 8.90. The molecule has 2 saturated heterocycles. The van der Waals surface area contributed by atoms with Gasteiger partial charge in [-0.2, -0.15) is 0 Å². The maximum absolute atomic E-state index is 13.6. The van der Waals surface area contributed by atoms with Crippen LogP contribution in [-0.2, 0) is 16.1 Å². The lowest BCUT2D eigenvalue weighted by Gasteiger charge is -2.44. The summed E-state index contributed by atoms with van der Waals surface area (Å²) in [5.74, 6) is 1.00. The molecule has 3 rings (SSSR count). The molecule has 1 aromatic carbocycles. The van der Waals surface area contributed by atoms with Crippen LogP contribution in [0.4, 0.5) is 4.79 Å². The third-order valence-electron chi connectivity index (χ3n) is 6.33. The number of ether oxygens (including phenoxy) is 2. The van der Waals surface area contributed by atoms with E-state index in [2.05, 4.69) is 25.7 Å². The monoisotopic (exact) mass is 417 g/mol. The number of methoxy groups -OCH3 is 2. The van der Waals surface area contributed by atoms with Crippen molar-refractivity contribution in [2.75, 3.05) is 40.5 Å². The highest BCUT2D eigenvalue weighted by atomic mass is 16.5. The minimum Gasteiger partial charge on any atom is -0.497 e. The van der Waals surface area contributed by atoms with E-state index < -0.39 is 5.54 Å². The van der Waals surface area contributed by atoms with Crippen LogP contribution >= 0.6 is 0 Å². The first kappa shape index (κ1) is 22.6. The molecule has 0 unspecified atom stereocenters. The van der Waals surface area contributed by atoms with Crippen molar-refractivity contribution in [1.82, 2.24) is 14.7 Å². The lowest BCUT2D eigenvalue weighted by molar-refractivity contribution is -0.136. The van der Waals surface area contributed by atoms with E-state index in [4.69, 9.17) is 9.47 Å². The Morgan fingerprint density at radius 1 is 1.03 bits per heavy atom. The summed E-state index contributed by atoms with van der Waals surface area (Å²) in [7, 11) is 3.33. The predicted molar refractivity (Wildman–Crippen MR) is 115 cm³/mol. The highest BCUT2D eigenvalue weighted by Gasteiger charge is 2.57. The van der Waals surface area contributed by atoms with Gasteiger partial charge in [-0.1, -0.05) is 26.0 Å². The molecule has 1 aromatic rings. The van der Waals surface area contributed by atoms with Gasteiger partial charge in [-0.05, 0) is 43.4 Å². The number of piperidine rings is 1. The lowest BCUT2D eigenvalue weighted by atomic mass is 9.84. The van der Waals surface area contributed by atoms with Gasteiger partial charge in [0.2, 0.25) is 0 Å². The van der Waals surface area contributed by atoms with Crippen molar-refractivity contribution in [2.45, 2.75) is 51.7 Å². The Balaban J connectivity index is 1.81. The van der Waals surface area contributed by atoms with Crippen molar-refractivity contribution < 1.29 is 19.1 Å². The Bertz CT molecular complexity index is 741. The van der Waals surface area contributed by atoms with Gasteiger partial charge in [0.15, 0.2) is 0 Å². The van der Waals surface area contributed by atoms with Gasteiger partial charge in [-0.3, -0.25) is 14.6 Å². The van der Waals surface area contributed by atoms with Crippen LogP contribution in [0, 0.1) is 5.92 Å². The van der Waals surface area contributed by atoms with Gasteiger partial charge in [-0.15, -0.1) is 0 Å². The first-order valence-electron chi connectivity index (χ1n) is 10.8. The second kappa shape index (κ2) is 9.35. The summed E-state index contributed by atoms with van der Waals surface area (Å²) in [6, 6.07) is 7.67. The Hall–Kier alpha value is -2.12. The van der Waals surface area contributed by atoms with Crippen molar-refractivity contribution >= 4 is 11.9 Å². The fraction of sp³-hybridized carbons (Fsp3) is 0.652. The van der Waals surface area contributed by atoms with Crippen LogP contribution in [0.15, 0.2) is 24.3 Å². The minimum atomic E-state index is -0.725. The topological polar surface area (TPSA) is 62.3 Å². The van der Waals surface area contributed by atoms with Crippen LogP contribution in [0.3, 0.4) is 0 Å². The van der Waals surface area contributed by atoms with E-state index in [1.165, 1.54) is 4.90 Å². The zero-order valence-electron chi connectivity index (χ0n) is 18.9. The van der Waals surface area contributed by atoms with Crippen LogP contribution in [0.2, 0.25) is 0 Å². The molecule has 30 heavy (non-hydrogen) atoms. The van der Waals surface area contributed by atoms with Crippen LogP contribution in [0.1, 0.15) is 39.2 Å². The SMILES string of the molecule is COC[C@H](C)N1CCC2(CC1)C(=O)N(Cc1ccc(OC)cc1)C(=O)N2CC(C)C. The molecule has 1 spiro atoms. The smallest absolute Gasteiger partial charge is 0.327 e. The van der Waals surface area contributed by atoms with Gasteiger partial charge < -0.3 is 14.4 Å². The fourth-order valence-corrected chi connectivity index (χ4v) is 4.62. The Morgan fingerprint density at radius 3 is 2.20 bits per heavy atom. The summed E-state index contributed by atoms with van der Waals surface area (Å²) in [5.41, 5.74) is 0.196. The number of hydrogen-bond donors (Lipinski definition) is 0. The predicted octanol–water partition coefficient (Wildman–Crippen LogP) is 2.98. The maximum Gasteiger partial charge on any atom is 0.327 e. The molecule has 7 nitrogen and oxygen atoms in total. The summed E-state index contributed by atoms with van der Waals surface area (Å²) < 4.78 is 10.5. The van der Waals surface area contributed by atoms with E-state index >= 15 is 0 Å². The second-order valence-electron chi connectivity index (χ2n) is 8.90. The normalized spacial score (nSPS) is 20.5. The van der Waals surface area contributed by atoms with E-state index in [0.29, 0.717) is 44.5 Å². The molecule has 0 aliphatic carbocycles. The van der Waals surface area contributed by atoms with Gasteiger partial charge in [0.1, 0.15) is 11.3 Å². The molecule has 0 saturated carbocycles. The zero-order valence-corrected chi connectivity index (χ0v) is 18.9. The number of benzene rings is 1. The van der Waals surface area contributed by atoms with E-state index in [-0.39, 0.29) is 11.9 Å². The highest BCUT2D eigenvalue weighted by molar-refractivity contribution is 6.07. The van der Waals surface area contributed by atoms with Crippen molar-refractivity contribution in [2.24, 2.45) is 5.92 Å². The Labute approximate surface area is 179 Å². The van der Waals surface area contributed by atoms with Gasteiger partial charge >= 0.3 is 6.03 Å². The molecule has 2 heterocycles. The van der Waals surface area contributed by atoms with Crippen LogP contribution in [0.5, 0.6) is 5.75 Å². The number of rotatable bonds is 8. The molecular formula is C23H35N3O4. The Kier molecular flexibility index (Phi) is 7.03. The highest BCUT2D eigenvalue weighted by Crippen LogP contribution is 2.39. The Morgan fingerprint density at radius 2 is 1.67 bits per heavy atom. The average Bonchev–Trinajstić information content (AvgIpc) is 2.91. The standard InChI is InChI=1S/C23H35N3O4/c1-17(2)14-26-22(28)25(15-19-6-8-20(30-5)9-7-19)21(27)23(26)10-12-24(13-11-23)18(3)16-29-4/h6-9,17-18H,10-16H2,1-5H3/t18-/m0/s1. The van der Waals surface area contributed by atoms with E-state index in [1.807, 2.05) is 29.2 Å². The zero-order chi connectivity index (χ0) is 21.9. The quantitative estimate of drug-likeness (QED) is 0.609. The number of carbonyl (C=O) groups excluding carboxylic acids is 2. The molecule has 2 aliphatic heterocycles. The van der Waals surface area contributed by atoms with Crippen molar-refractivity contribution in [3.63, 3.8) is 0 Å². The van der Waals surface area contributed by atoms with Gasteiger partial charge in [-0.25, -0.2) is 4.79 Å². The molecule has 0 radical (unpaired) electrons. The molecular weight excluding hydrogens is 382 g/mol. The summed E-state index contributed by atoms with van der Waals surface area (Å²) in [6.07, 6.45) is 1.33. The number of urea groups is 1. The first-order chi connectivity index (χ1) is 14.3. The van der Waals surface area contributed by atoms with E-state index in [1.54, 1.807) is 14.2 Å². The summed E-state index contributed by atoms with van der Waals surface area (Å²) in [5, 5.41) is 0. The summed E-state index contributed by atoms with van der Waals surface area (Å²) in [4.78, 5) is 32.6. The molecule has 2 fully saturated rings. The third-order valence-corrected chi connectivity index (χ3v) is 6.33. The first-order valence-corrected chi connectivity index (χ1v) is 10.8. The average molecular weight is 418 g/mol. The van der Waals surface area contributed by atoms with E-state index in [9.17, 15) is 9.59 Å². The number of hydrogen-bond acceptors (Lipinski definition) is 5. The van der Waals surface area contributed by atoms with Crippen LogP contribution < -0.4 is 4.74 Å². The van der Waals surface area contributed by atoms with Crippen molar-refractivity contribution in [3.8, 4) is 5.75 Å². The summed E-state index contributed by atoms with van der Waals surface area (Å²) in [6.45, 7) is 9.45. The largest absolute Gasteiger partial charge is 0.497 e. The molecule has 2 aliphatic rings. The van der Waals surface area contributed by atoms with Gasteiger partial charge in [0, 0.05) is 32.8 Å². The number of amides is 3. The molecule has 3 amide bonds. The molecule has 1 atom stereocenters. The van der Waals surface area contributed by atoms with E-state index in [0.717, 1.165) is 24.4 Å². The number of likely N-dealkylation sites (tertiary alicyclic amines) is 1. The molecule has 7 heteroatoms. The number of nitrogens with zero attached hydrogens (tertiary/aromatic N) is 3. The van der Waals surface area contributed by atoms with Gasteiger partial charge in [0.05, 0.1) is 20.3 Å². The van der Waals surface area contributed by atoms with Crippen LogP contribution in [0.25, 0.3) is 0 Å². The van der Waals surface area contributed by atoms with Crippen LogP contribution in [-0.4, -0.2) is 78.7 Å². The number of imide groups is 1. The number of carbonyl (C=O) groups is 2. The minimum absolute atomic E-state index is 0.0528. The summed E-state index contributed by atoms with van der Waals surface area (Å²) >= 11 is 0. The fourth-order valence-electron chi connectivity index (χ4n) is 4.62. The molecule has 0 bridgehead atoms. The van der Waals surface area contributed by atoms with Gasteiger partial charge in [0.25, 0.3) is 5.91 Å². The molecule has 0 aromatic heterocycles. The molecule has 166 valence electrons.